The molecule has 0 aliphatic heterocycles. The fourth-order valence-corrected chi connectivity index (χ4v) is 1.60. The van der Waals surface area contributed by atoms with E-state index in [1.54, 1.807) is 0 Å². The second-order valence-corrected chi connectivity index (χ2v) is 5.45. The van der Waals surface area contributed by atoms with E-state index in [1.807, 2.05) is 6.08 Å². The van der Waals surface area contributed by atoms with Gasteiger partial charge in [-0.25, -0.2) is 4.57 Å². The van der Waals surface area contributed by atoms with E-state index in [0.29, 0.717) is 0 Å². The highest BCUT2D eigenvalue weighted by atomic mass is 31.2. The van der Waals surface area contributed by atoms with E-state index in [1.165, 1.54) is 64.2 Å². The number of phosphoric acid groups is 1. The molecule has 0 aromatic carbocycles. The predicted molar refractivity (Wildman–Crippen MR) is 76.3 cm³/mol. The molecule has 0 radical (unpaired) electrons. The van der Waals surface area contributed by atoms with Crippen molar-refractivity contribution in [1.29, 1.82) is 0 Å². The zero-order valence-electron chi connectivity index (χ0n) is 11.6. The highest BCUT2D eigenvalue weighted by molar-refractivity contribution is 7.45. The first-order valence-electron chi connectivity index (χ1n) is 6.81. The molecule has 0 spiro atoms. The normalized spacial score (nSPS) is 10.7. The Labute approximate surface area is 111 Å². The summed E-state index contributed by atoms with van der Waals surface area (Å²) < 4.78 is 8.88. The quantitative estimate of drug-likeness (QED) is 0.319. The van der Waals surface area contributed by atoms with Crippen LogP contribution in [0.3, 0.4) is 0 Å². The largest absolute Gasteiger partial charge is 0.466 e. The van der Waals surface area contributed by atoms with Crippen molar-refractivity contribution in [2.24, 2.45) is 0 Å². The Bertz CT molecular complexity index is 205. The molecule has 3 N–H and O–H groups in total. The van der Waals surface area contributed by atoms with Gasteiger partial charge in [-0.05, 0) is 12.8 Å². The third kappa shape index (κ3) is 36.0. The number of unbranched alkanes of at least 4 members (excludes halogenated alkanes) is 9. The average molecular weight is 280 g/mol. The monoisotopic (exact) mass is 280 g/mol. The maximum atomic E-state index is 8.88. The summed E-state index contributed by atoms with van der Waals surface area (Å²) in [5.41, 5.74) is 0. The highest BCUT2D eigenvalue weighted by Crippen LogP contribution is 2.25. The van der Waals surface area contributed by atoms with Gasteiger partial charge in [-0.2, -0.15) is 0 Å². The van der Waals surface area contributed by atoms with Gasteiger partial charge in [0.1, 0.15) is 0 Å². The first-order chi connectivity index (χ1) is 8.41. The van der Waals surface area contributed by atoms with Gasteiger partial charge in [0.15, 0.2) is 0 Å². The first-order valence-corrected chi connectivity index (χ1v) is 8.37. The van der Waals surface area contributed by atoms with Crippen molar-refractivity contribution in [2.75, 3.05) is 0 Å². The Kier molecular flexibility index (Phi) is 16.7. The topological polar surface area (TPSA) is 77.8 Å². The number of hydrogen-bond acceptors (Lipinski definition) is 1. The summed E-state index contributed by atoms with van der Waals surface area (Å²) in [5.74, 6) is 0. The zero-order chi connectivity index (χ0) is 14.3. The molecule has 0 amide bonds. The van der Waals surface area contributed by atoms with Crippen molar-refractivity contribution in [3.05, 3.63) is 12.7 Å². The van der Waals surface area contributed by atoms with Crippen LogP contribution in [0.4, 0.5) is 0 Å². The standard InChI is InChI=1S/C13H26.H3O4P/c1-3-5-7-9-11-13-12-10-8-6-4-2;1-5(2,3)4/h3H,1,4-13H2,2H3;(H3,1,2,3,4). The van der Waals surface area contributed by atoms with Crippen LogP contribution in [0.15, 0.2) is 12.7 Å². The van der Waals surface area contributed by atoms with Crippen molar-refractivity contribution in [2.45, 2.75) is 71.1 Å². The molecule has 0 saturated heterocycles. The van der Waals surface area contributed by atoms with Crippen LogP contribution >= 0.6 is 7.82 Å². The van der Waals surface area contributed by atoms with Crippen LogP contribution in [-0.4, -0.2) is 14.7 Å². The molecule has 0 unspecified atom stereocenters. The maximum Gasteiger partial charge on any atom is 0.466 e. The summed E-state index contributed by atoms with van der Waals surface area (Å²) in [5, 5.41) is 0. The van der Waals surface area contributed by atoms with E-state index in [2.05, 4.69) is 13.5 Å². The third-order valence-corrected chi connectivity index (χ3v) is 2.51. The lowest BCUT2D eigenvalue weighted by Crippen LogP contribution is -1.80. The minimum Gasteiger partial charge on any atom is -0.303 e. The molecular formula is C13H29O4P. The summed E-state index contributed by atoms with van der Waals surface area (Å²) in [4.78, 5) is 21.6. The first kappa shape index (κ1) is 20.2. The van der Waals surface area contributed by atoms with Gasteiger partial charge in [0, 0.05) is 0 Å². The van der Waals surface area contributed by atoms with Gasteiger partial charge >= 0.3 is 7.82 Å². The fraction of sp³-hybridized carbons (Fsp3) is 0.846. The lowest BCUT2D eigenvalue weighted by atomic mass is 10.1. The molecule has 0 rings (SSSR count). The van der Waals surface area contributed by atoms with Crippen LogP contribution in [0, 0.1) is 0 Å². The van der Waals surface area contributed by atoms with Crippen LogP contribution < -0.4 is 0 Å². The summed E-state index contributed by atoms with van der Waals surface area (Å²) in [6, 6.07) is 0. The molecule has 0 aliphatic carbocycles. The second-order valence-electron chi connectivity index (χ2n) is 4.42. The molecule has 0 atom stereocenters. The molecule has 5 heteroatoms. The van der Waals surface area contributed by atoms with Crippen molar-refractivity contribution in [3.63, 3.8) is 0 Å². The second kappa shape index (κ2) is 14.9. The van der Waals surface area contributed by atoms with E-state index < -0.39 is 7.82 Å². The Morgan fingerprint density at radius 2 is 1.22 bits per heavy atom. The summed E-state index contributed by atoms with van der Waals surface area (Å²) >= 11 is 0. The smallest absolute Gasteiger partial charge is 0.303 e. The maximum absolute atomic E-state index is 8.88. The zero-order valence-corrected chi connectivity index (χ0v) is 12.4. The van der Waals surface area contributed by atoms with Crippen LogP contribution in [0.5, 0.6) is 0 Å². The lowest BCUT2D eigenvalue weighted by Gasteiger charge is -2.00. The van der Waals surface area contributed by atoms with Crippen molar-refractivity contribution in [3.8, 4) is 0 Å². The molecule has 0 heterocycles. The molecular weight excluding hydrogens is 251 g/mol. The molecule has 4 nitrogen and oxygen atoms in total. The summed E-state index contributed by atoms with van der Waals surface area (Å²) in [7, 11) is -4.64. The Hall–Kier alpha value is -0.150. The molecule has 18 heavy (non-hydrogen) atoms. The molecule has 0 bridgehead atoms. The molecule has 110 valence electrons. The van der Waals surface area contributed by atoms with Crippen LogP contribution in [0.2, 0.25) is 0 Å². The number of rotatable bonds is 10. The highest BCUT2D eigenvalue weighted by Gasteiger charge is 2.00. The van der Waals surface area contributed by atoms with Crippen LogP contribution in [-0.2, 0) is 4.57 Å². The van der Waals surface area contributed by atoms with E-state index >= 15 is 0 Å². The molecule has 0 aromatic rings. The van der Waals surface area contributed by atoms with Gasteiger partial charge in [-0.15, -0.1) is 6.58 Å². The van der Waals surface area contributed by atoms with Gasteiger partial charge < -0.3 is 14.7 Å². The minimum absolute atomic E-state index is 1.20. The van der Waals surface area contributed by atoms with E-state index in [-0.39, 0.29) is 0 Å². The van der Waals surface area contributed by atoms with Crippen molar-refractivity contribution >= 4 is 7.82 Å². The van der Waals surface area contributed by atoms with Crippen molar-refractivity contribution in [1.82, 2.24) is 0 Å². The Morgan fingerprint density at radius 3 is 1.56 bits per heavy atom. The van der Waals surface area contributed by atoms with Crippen molar-refractivity contribution < 1.29 is 19.2 Å². The van der Waals surface area contributed by atoms with E-state index in [9.17, 15) is 0 Å². The SMILES string of the molecule is C=CCCCCCCCCCCC.O=P(O)(O)O. The van der Waals surface area contributed by atoms with Crippen LogP contribution in [0.1, 0.15) is 71.1 Å². The molecule has 0 saturated carbocycles. The molecule has 0 aromatic heterocycles. The van der Waals surface area contributed by atoms with E-state index in [4.69, 9.17) is 19.2 Å². The summed E-state index contributed by atoms with van der Waals surface area (Å²) in [6.45, 7) is 6.00. The molecule has 0 aliphatic rings. The lowest BCUT2D eigenvalue weighted by molar-refractivity contribution is 0.275. The molecule has 0 fully saturated rings. The summed E-state index contributed by atoms with van der Waals surface area (Å²) in [6.07, 6.45) is 16.0. The van der Waals surface area contributed by atoms with Crippen LogP contribution in [0.25, 0.3) is 0 Å². The Balaban J connectivity index is 0. The van der Waals surface area contributed by atoms with Gasteiger partial charge in [0.25, 0.3) is 0 Å². The number of hydrogen-bond donors (Lipinski definition) is 3. The van der Waals surface area contributed by atoms with Gasteiger partial charge in [-0.3, -0.25) is 0 Å². The average Bonchev–Trinajstić information content (AvgIpc) is 2.25. The van der Waals surface area contributed by atoms with E-state index in [0.717, 1.165) is 0 Å². The Morgan fingerprint density at radius 1 is 0.889 bits per heavy atom. The fourth-order valence-electron chi connectivity index (χ4n) is 1.60. The minimum atomic E-state index is -4.64. The van der Waals surface area contributed by atoms with Gasteiger partial charge in [0.05, 0.1) is 0 Å². The number of allylic oxidation sites excluding steroid dienone is 1. The third-order valence-electron chi connectivity index (χ3n) is 2.51. The van der Waals surface area contributed by atoms with Gasteiger partial charge in [-0.1, -0.05) is 64.4 Å². The predicted octanol–water partition coefficient (Wildman–Crippen LogP) is 4.16. The van der Waals surface area contributed by atoms with Gasteiger partial charge in [0.2, 0.25) is 0 Å².